The topological polar surface area (TPSA) is 73.5 Å². The Morgan fingerprint density at radius 2 is 1.83 bits per heavy atom. The molecule has 1 aliphatic heterocycles. The molecule has 1 unspecified atom stereocenters. The largest absolute Gasteiger partial charge is 0.335 e. The minimum absolute atomic E-state index is 0.00794. The van der Waals surface area contributed by atoms with Gasteiger partial charge in [0.1, 0.15) is 0 Å². The van der Waals surface area contributed by atoms with E-state index in [1.54, 1.807) is 0 Å². The molecule has 1 fully saturated rings. The van der Waals surface area contributed by atoms with Gasteiger partial charge in [0.2, 0.25) is 5.91 Å². The first-order valence-electron chi connectivity index (χ1n) is 8.63. The minimum Gasteiger partial charge on any atom is -0.335 e. The number of likely N-dealkylation sites (tertiary alicyclic amines) is 1. The number of piperidine rings is 1. The first-order valence-corrected chi connectivity index (χ1v) is 8.63. The standard InChI is InChI=1S/C18H28N4O2/c1-4-17(23)20-15-7-5-14(6-8-15)13(2)19-18(24)21-16-9-11-22(3)12-10-16/h5-8,13,16H,4,9-12H2,1-3H3,(H,20,23)(H2,19,21,24). The zero-order valence-corrected chi connectivity index (χ0v) is 14.8. The van der Waals surface area contributed by atoms with Gasteiger partial charge in [0, 0.05) is 18.2 Å². The van der Waals surface area contributed by atoms with Crippen molar-refractivity contribution in [2.45, 2.75) is 45.2 Å². The van der Waals surface area contributed by atoms with Gasteiger partial charge in [-0.3, -0.25) is 4.79 Å². The number of nitrogens with one attached hydrogen (secondary N) is 3. The molecule has 2 rings (SSSR count). The lowest BCUT2D eigenvalue weighted by Crippen LogP contribution is -2.47. The minimum atomic E-state index is -0.125. The zero-order chi connectivity index (χ0) is 17.5. The predicted octanol–water partition coefficient (Wildman–Crippen LogP) is 2.49. The maximum atomic E-state index is 12.1. The summed E-state index contributed by atoms with van der Waals surface area (Å²) < 4.78 is 0. The van der Waals surface area contributed by atoms with Gasteiger partial charge in [-0.1, -0.05) is 19.1 Å². The van der Waals surface area contributed by atoms with Gasteiger partial charge in [-0.25, -0.2) is 4.79 Å². The van der Waals surface area contributed by atoms with Gasteiger partial charge < -0.3 is 20.9 Å². The number of anilines is 1. The van der Waals surface area contributed by atoms with Crippen LogP contribution in [-0.2, 0) is 4.79 Å². The van der Waals surface area contributed by atoms with E-state index in [9.17, 15) is 9.59 Å². The second-order valence-corrected chi connectivity index (χ2v) is 6.44. The zero-order valence-electron chi connectivity index (χ0n) is 14.8. The van der Waals surface area contributed by atoms with Crippen LogP contribution in [0.15, 0.2) is 24.3 Å². The van der Waals surface area contributed by atoms with Crippen molar-refractivity contribution < 1.29 is 9.59 Å². The van der Waals surface area contributed by atoms with Crippen LogP contribution in [0.3, 0.4) is 0 Å². The van der Waals surface area contributed by atoms with E-state index in [0.29, 0.717) is 6.42 Å². The molecular formula is C18H28N4O2. The van der Waals surface area contributed by atoms with Crippen molar-refractivity contribution in [3.8, 4) is 0 Å². The number of hydrogen-bond acceptors (Lipinski definition) is 3. The third-order valence-electron chi connectivity index (χ3n) is 4.42. The molecule has 1 aromatic carbocycles. The van der Waals surface area contributed by atoms with Crippen LogP contribution < -0.4 is 16.0 Å². The molecule has 3 N–H and O–H groups in total. The van der Waals surface area contributed by atoms with Crippen LogP contribution in [0.25, 0.3) is 0 Å². The van der Waals surface area contributed by atoms with E-state index in [0.717, 1.165) is 37.2 Å². The average Bonchev–Trinajstić information content (AvgIpc) is 2.57. The molecule has 0 spiro atoms. The fraction of sp³-hybridized carbons (Fsp3) is 0.556. The molecule has 132 valence electrons. The van der Waals surface area contributed by atoms with Gasteiger partial charge in [-0.15, -0.1) is 0 Å². The smallest absolute Gasteiger partial charge is 0.315 e. The van der Waals surface area contributed by atoms with Crippen LogP contribution in [0, 0.1) is 0 Å². The van der Waals surface area contributed by atoms with E-state index in [1.165, 1.54) is 0 Å². The van der Waals surface area contributed by atoms with Crippen molar-refractivity contribution in [1.82, 2.24) is 15.5 Å². The van der Waals surface area contributed by atoms with Gasteiger partial charge in [0.25, 0.3) is 0 Å². The van der Waals surface area contributed by atoms with Crippen LogP contribution >= 0.6 is 0 Å². The van der Waals surface area contributed by atoms with Crippen molar-refractivity contribution in [2.75, 3.05) is 25.5 Å². The third-order valence-corrected chi connectivity index (χ3v) is 4.42. The molecule has 6 heteroatoms. The van der Waals surface area contributed by atoms with Crippen LogP contribution in [0.5, 0.6) is 0 Å². The number of hydrogen-bond donors (Lipinski definition) is 3. The molecule has 1 aliphatic rings. The maximum Gasteiger partial charge on any atom is 0.315 e. The van der Waals surface area contributed by atoms with Gasteiger partial charge in [-0.2, -0.15) is 0 Å². The van der Waals surface area contributed by atoms with Crippen LogP contribution in [0.2, 0.25) is 0 Å². The highest BCUT2D eigenvalue weighted by atomic mass is 16.2. The lowest BCUT2D eigenvalue weighted by Gasteiger charge is -2.29. The highest BCUT2D eigenvalue weighted by Crippen LogP contribution is 2.16. The van der Waals surface area contributed by atoms with E-state index in [-0.39, 0.29) is 24.0 Å². The summed E-state index contributed by atoms with van der Waals surface area (Å²) in [6.07, 6.45) is 2.44. The Kier molecular flexibility index (Phi) is 6.61. The summed E-state index contributed by atoms with van der Waals surface area (Å²) >= 11 is 0. The number of nitrogens with zero attached hydrogens (tertiary/aromatic N) is 1. The summed E-state index contributed by atoms with van der Waals surface area (Å²) in [4.78, 5) is 25.8. The molecule has 24 heavy (non-hydrogen) atoms. The summed E-state index contributed by atoms with van der Waals surface area (Å²) in [5, 5.41) is 8.84. The van der Waals surface area contributed by atoms with Gasteiger partial charge >= 0.3 is 6.03 Å². The quantitative estimate of drug-likeness (QED) is 0.775. The summed E-state index contributed by atoms with van der Waals surface area (Å²) in [7, 11) is 2.10. The Balaban J connectivity index is 1.81. The Morgan fingerprint density at radius 1 is 1.21 bits per heavy atom. The van der Waals surface area contributed by atoms with Crippen LogP contribution in [0.1, 0.15) is 44.7 Å². The number of urea groups is 1. The third kappa shape index (κ3) is 5.53. The molecule has 6 nitrogen and oxygen atoms in total. The van der Waals surface area contributed by atoms with E-state index in [1.807, 2.05) is 38.1 Å². The van der Waals surface area contributed by atoms with Crippen LogP contribution in [-0.4, -0.2) is 43.0 Å². The molecule has 1 saturated heterocycles. The maximum absolute atomic E-state index is 12.1. The van der Waals surface area contributed by atoms with E-state index in [2.05, 4.69) is 27.9 Å². The number of benzene rings is 1. The first kappa shape index (κ1) is 18.3. The van der Waals surface area contributed by atoms with Crippen molar-refractivity contribution >= 4 is 17.6 Å². The second-order valence-electron chi connectivity index (χ2n) is 6.44. The molecule has 1 aromatic rings. The van der Waals surface area contributed by atoms with E-state index >= 15 is 0 Å². The van der Waals surface area contributed by atoms with Crippen molar-refractivity contribution in [2.24, 2.45) is 0 Å². The van der Waals surface area contributed by atoms with Gasteiger partial charge in [0.15, 0.2) is 0 Å². The lowest BCUT2D eigenvalue weighted by atomic mass is 10.1. The predicted molar refractivity (Wildman–Crippen MR) is 96.0 cm³/mol. The summed E-state index contributed by atoms with van der Waals surface area (Å²) in [6, 6.07) is 7.59. The SMILES string of the molecule is CCC(=O)Nc1ccc(C(C)NC(=O)NC2CCN(C)CC2)cc1. The average molecular weight is 332 g/mol. The molecule has 0 aliphatic carbocycles. The van der Waals surface area contributed by atoms with E-state index < -0.39 is 0 Å². The second kappa shape index (κ2) is 8.68. The van der Waals surface area contributed by atoms with Crippen molar-refractivity contribution in [3.05, 3.63) is 29.8 Å². The molecule has 0 bridgehead atoms. The summed E-state index contributed by atoms with van der Waals surface area (Å²) in [5.41, 5.74) is 1.77. The molecule has 1 heterocycles. The fourth-order valence-corrected chi connectivity index (χ4v) is 2.76. The molecule has 0 saturated carbocycles. The molecule has 3 amide bonds. The Bertz CT molecular complexity index is 551. The number of amides is 3. The first-order chi connectivity index (χ1) is 11.5. The molecule has 1 atom stereocenters. The van der Waals surface area contributed by atoms with Crippen molar-refractivity contribution in [3.63, 3.8) is 0 Å². The Labute approximate surface area is 144 Å². The van der Waals surface area contributed by atoms with Gasteiger partial charge in [0.05, 0.1) is 6.04 Å². The highest BCUT2D eigenvalue weighted by molar-refractivity contribution is 5.90. The monoisotopic (exact) mass is 332 g/mol. The van der Waals surface area contributed by atoms with Crippen molar-refractivity contribution in [1.29, 1.82) is 0 Å². The number of rotatable bonds is 5. The highest BCUT2D eigenvalue weighted by Gasteiger charge is 2.19. The number of carbonyl (C=O) groups is 2. The normalized spacial score (nSPS) is 17.1. The summed E-state index contributed by atoms with van der Waals surface area (Å²) in [6.45, 7) is 5.81. The fourth-order valence-electron chi connectivity index (χ4n) is 2.76. The number of carbonyl (C=O) groups excluding carboxylic acids is 2. The molecular weight excluding hydrogens is 304 g/mol. The molecule has 0 aromatic heterocycles. The lowest BCUT2D eigenvalue weighted by molar-refractivity contribution is -0.115. The van der Waals surface area contributed by atoms with E-state index in [4.69, 9.17) is 0 Å². The summed E-state index contributed by atoms with van der Waals surface area (Å²) in [5.74, 6) is -0.00794. The Hall–Kier alpha value is -2.08. The Morgan fingerprint density at radius 3 is 2.42 bits per heavy atom. The molecule has 0 radical (unpaired) electrons. The van der Waals surface area contributed by atoms with Gasteiger partial charge in [-0.05, 0) is 57.6 Å². The van der Waals surface area contributed by atoms with Crippen LogP contribution in [0.4, 0.5) is 10.5 Å².